The van der Waals surface area contributed by atoms with Crippen LogP contribution >= 0.6 is 0 Å². The fourth-order valence-electron chi connectivity index (χ4n) is 3.43. The highest BCUT2D eigenvalue weighted by molar-refractivity contribution is 6.03. The van der Waals surface area contributed by atoms with Crippen LogP contribution in [0.15, 0.2) is 6.07 Å². The van der Waals surface area contributed by atoms with Gasteiger partial charge in [-0.05, 0) is 26.3 Å². The number of benzene rings is 1. The first-order chi connectivity index (χ1) is 14.1. The molecule has 0 aliphatic rings. The number of methoxy groups -OCH3 is 2. The molecular formula is C24H38O6. The Hall–Kier alpha value is -2.24. The van der Waals surface area contributed by atoms with Crippen LogP contribution in [0.5, 0.6) is 17.2 Å². The number of hydrogen-bond donors (Lipinski definition) is 1. The highest BCUT2D eigenvalue weighted by Gasteiger charge is 2.33. The highest BCUT2D eigenvalue weighted by atomic mass is 16.5. The van der Waals surface area contributed by atoms with Crippen LogP contribution < -0.4 is 9.47 Å². The molecule has 0 aliphatic carbocycles. The molecule has 1 rings (SSSR count). The van der Waals surface area contributed by atoms with Crippen LogP contribution in [-0.2, 0) is 4.74 Å². The lowest BCUT2D eigenvalue weighted by atomic mass is 9.82. The van der Waals surface area contributed by atoms with Crippen molar-refractivity contribution in [1.29, 1.82) is 0 Å². The Morgan fingerprint density at radius 3 is 2.13 bits per heavy atom. The van der Waals surface area contributed by atoms with Crippen molar-refractivity contribution in [2.45, 2.75) is 85.7 Å². The highest BCUT2D eigenvalue weighted by Crippen LogP contribution is 2.41. The first-order valence-corrected chi connectivity index (χ1v) is 10.8. The van der Waals surface area contributed by atoms with Crippen LogP contribution in [0.3, 0.4) is 0 Å². The Morgan fingerprint density at radius 1 is 1.03 bits per heavy atom. The molecular weight excluding hydrogens is 384 g/mol. The van der Waals surface area contributed by atoms with Crippen LogP contribution in [0.2, 0.25) is 0 Å². The molecule has 1 aromatic rings. The van der Waals surface area contributed by atoms with Gasteiger partial charge in [-0.15, -0.1) is 0 Å². The normalized spacial score (nSPS) is 12.4. The molecule has 6 heteroatoms. The van der Waals surface area contributed by atoms with Gasteiger partial charge in [-0.2, -0.15) is 0 Å². The van der Waals surface area contributed by atoms with Gasteiger partial charge in [0.2, 0.25) is 0 Å². The number of carbonyl (C=O) groups is 2. The molecule has 0 bridgehead atoms. The van der Waals surface area contributed by atoms with Crippen molar-refractivity contribution in [1.82, 2.24) is 0 Å². The van der Waals surface area contributed by atoms with E-state index in [1.807, 2.05) is 6.92 Å². The number of rotatable bonds is 13. The van der Waals surface area contributed by atoms with Gasteiger partial charge in [-0.3, -0.25) is 4.79 Å². The number of Topliss-reactive ketones (excluding diaryl/α,β-unsaturated/α-hetero) is 1. The Balaban J connectivity index is 2.94. The van der Waals surface area contributed by atoms with Crippen LogP contribution in [0.1, 0.15) is 100 Å². The predicted octanol–water partition coefficient (Wildman–Crippen LogP) is 5.93. The summed E-state index contributed by atoms with van der Waals surface area (Å²) in [6.07, 6.45) is 7.80. The van der Waals surface area contributed by atoms with E-state index in [1.165, 1.54) is 59.3 Å². The minimum atomic E-state index is -0.707. The quantitative estimate of drug-likeness (QED) is 0.241. The molecule has 170 valence electrons. The van der Waals surface area contributed by atoms with Gasteiger partial charge >= 0.3 is 5.97 Å². The van der Waals surface area contributed by atoms with Crippen LogP contribution in [0.25, 0.3) is 0 Å². The molecule has 0 aromatic heterocycles. The molecule has 0 aliphatic heterocycles. The van der Waals surface area contributed by atoms with Crippen molar-refractivity contribution in [3.05, 3.63) is 17.2 Å². The number of phenols is 1. The number of ketones is 1. The summed E-state index contributed by atoms with van der Waals surface area (Å²) >= 11 is 0. The summed E-state index contributed by atoms with van der Waals surface area (Å²) < 4.78 is 16.3. The number of unbranched alkanes of at least 4 members (excludes halogenated alkanes) is 5. The smallest absolute Gasteiger partial charge is 0.346 e. The Labute approximate surface area is 180 Å². The second-order valence-electron chi connectivity index (χ2n) is 8.49. The number of carbonyl (C=O) groups excluding carboxylic acids is 2. The molecule has 1 atom stereocenters. The van der Waals surface area contributed by atoms with E-state index in [4.69, 9.17) is 14.2 Å². The van der Waals surface area contributed by atoms with Gasteiger partial charge in [0, 0.05) is 5.41 Å². The van der Waals surface area contributed by atoms with Gasteiger partial charge in [0.25, 0.3) is 0 Å². The molecule has 0 spiro atoms. The van der Waals surface area contributed by atoms with E-state index in [9.17, 15) is 14.7 Å². The van der Waals surface area contributed by atoms with E-state index >= 15 is 0 Å². The van der Waals surface area contributed by atoms with E-state index in [-0.39, 0.29) is 45.7 Å². The molecule has 0 heterocycles. The Morgan fingerprint density at radius 2 is 1.60 bits per heavy atom. The topological polar surface area (TPSA) is 82.1 Å². The summed E-state index contributed by atoms with van der Waals surface area (Å²) in [5, 5.41) is 10.4. The first kappa shape index (κ1) is 25.8. The zero-order chi connectivity index (χ0) is 22.9. The molecule has 30 heavy (non-hydrogen) atoms. The monoisotopic (exact) mass is 422 g/mol. The number of phenolic OH excluding ortho intramolecular Hbond substituents is 1. The van der Waals surface area contributed by atoms with Gasteiger partial charge in [0.15, 0.2) is 17.3 Å². The average Bonchev–Trinajstić information content (AvgIpc) is 2.69. The van der Waals surface area contributed by atoms with E-state index in [0.29, 0.717) is 0 Å². The number of aromatic hydroxyl groups is 1. The van der Waals surface area contributed by atoms with Crippen molar-refractivity contribution in [3.63, 3.8) is 0 Å². The second kappa shape index (κ2) is 11.8. The predicted molar refractivity (Wildman–Crippen MR) is 118 cm³/mol. The van der Waals surface area contributed by atoms with Gasteiger partial charge in [-0.25, -0.2) is 4.79 Å². The minimum absolute atomic E-state index is 0.00590. The largest absolute Gasteiger partial charge is 0.507 e. The maximum Gasteiger partial charge on any atom is 0.346 e. The van der Waals surface area contributed by atoms with Crippen molar-refractivity contribution < 1.29 is 28.9 Å². The molecule has 1 N–H and O–H groups in total. The van der Waals surface area contributed by atoms with E-state index in [0.717, 1.165) is 12.8 Å². The van der Waals surface area contributed by atoms with Gasteiger partial charge in [-0.1, -0.05) is 59.3 Å². The zero-order valence-electron chi connectivity index (χ0n) is 19.6. The van der Waals surface area contributed by atoms with Crippen molar-refractivity contribution in [2.75, 3.05) is 14.2 Å². The standard InChI is InChI=1S/C24H38O6/c1-8-9-10-11-12-13-14-24(4,5)17(3)30-23(27)20-19(26)15-18(16(2)25)21(28-6)22(20)29-7/h15,17,26H,8-14H2,1-7H3/t17-/m1/s1. The lowest BCUT2D eigenvalue weighted by Gasteiger charge is -2.31. The van der Waals surface area contributed by atoms with E-state index in [1.54, 1.807) is 0 Å². The SMILES string of the molecule is CCCCCCCCC(C)(C)[C@@H](C)OC(=O)c1c(O)cc(C(C)=O)c(OC)c1OC. The molecule has 0 unspecified atom stereocenters. The Kier molecular flexibility index (Phi) is 10.2. The fraction of sp³-hybridized carbons (Fsp3) is 0.667. The summed E-state index contributed by atoms with van der Waals surface area (Å²) in [5.74, 6) is -1.29. The summed E-state index contributed by atoms with van der Waals surface area (Å²) in [7, 11) is 2.73. The van der Waals surface area contributed by atoms with Gasteiger partial charge < -0.3 is 19.3 Å². The first-order valence-electron chi connectivity index (χ1n) is 10.8. The maximum atomic E-state index is 12.9. The van der Waals surface area contributed by atoms with E-state index in [2.05, 4.69) is 20.8 Å². The molecule has 0 radical (unpaired) electrons. The minimum Gasteiger partial charge on any atom is -0.507 e. The van der Waals surface area contributed by atoms with Gasteiger partial charge in [0.05, 0.1) is 19.8 Å². The summed E-state index contributed by atoms with van der Waals surface area (Å²) in [6, 6.07) is 1.21. The summed E-state index contributed by atoms with van der Waals surface area (Å²) in [5.41, 5.74) is -0.214. The number of esters is 1. The van der Waals surface area contributed by atoms with Crippen LogP contribution in [-0.4, -0.2) is 37.2 Å². The number of hydrogen-bond acceptors (Lipinski definition) is 6. The fourth-order valence-corrected chi connectivity index (χ4v) is 3.43. The molecule has 6 nitrogen and oxygen atoms in total. The third-order valence-electron chi connectivity index (χ3n) is 5.77. The van der Waals surface area contributed by atoms with Crippen molar-refractivity contribution >= 4 is 11.8 Å². The van der Waals surface area contributed by atoms with Crippen LogP contribution in [0, 0.1) is 5.41 Å². The van der Waals surface area contributed by atoms with Crippen LogP contribution in [0.4, 0.5) is 0 Å². The molecule has 0 saturated heterocycles. The lowest BCUT2D eigenvalue weighted by molar-refractivity contribution is -0.00382. The molecule has 0 saturated carbocycles. The van der Waals surface area contributed by atoms with E-state index < -0.39 is 5.97 Å². The van der Waals surface area contributed by atoms with Gasteiger partial charge in [0.1, 0.15) is 17.4 Å². The summed E-state index contributed by atoms with van der Waals surface area (Å²) in [4.78, 5) is 24.8. The lowest BCUT2D eigenvalue weighted by Crippen LogP contribution is -2.31. The number of ether oxygens (including phenoxy) is 3. The Bertz CT molecular complexity index is 723. The average molecular weight is 423 g/mol. The molecule has 1 aromatic carbocycles. The summed E-state index contributed by atoms with van der Waals surface area (Å²) in [6.45, 7) is 9.57. The van der Waals surface area contributed by atoms with Crippen molar-refractivity contribution in [3.8, 4) is 17.2 Å². The second-order valence-corrected chi connectivity index (χ2v) is 8.49. The third kappa shape index (κ3) is 6.64. The third-order valence-corrected chi connectivity index (χ3v) is 5.77. The zero-order valence-corrected chi connectivity index (χ0v) is 19.6. The molecule has 0 fully saturated rings. The molecule has 0 amide bonds. The van der Waals surface area contributed by atoms with Crippen molar-refractivity contribution in [2.24, 2.45) is 5.41 Å². The maximum absolute atomic E-state index is 12.9.